The average Bonchev–Trinajstić information content (AvgIpc) is 2.30. The maximum absolute atomic E-state index is 13.1. The van der Waals surface area contributed by atoms with Gasteiger partial charge in [-0.15, -0.1) is 0 Å². The van der Waals surface area contributed by atoms with Crippen LogP contribution in [0, 0.1) is 5.82 Å². The topological polar surface area (TPSA) is 49.8 Å². The molecule has 1 aliphatic rings. The van der Waals surface area contributed by atoms with Crippen molar-refractivity contribution >= 4 is 11.7 Å². The Balaban J connectivity index is 2.39. The summed E-state index contributed by atoms with van der Waals surface area (Å²) in [6.45, 7) is 3.68. The van der Waals surface area contributed by atoms with E-state index in [0.29, 0.717) is 25.4 Å². The van der Waals surface area contributed by atoms with Gasteiger partial charge in [0.2, 0.25) is 0 Å². The number of carbonyl (C=O) groups is 1. The number of carboxylic acids is 1. The first kappa shape index (κ1) is 11.9. The van der Waals surface area contributed by atoms with Gasteiger partial charge in [0.05, 0.1) is 24.5 Å². The quantitative estimate of drug-likeness (QED) is 0.854. The molecular weight excluding hydrogens is 225 g/mol. The van der Waals surface area contributed by atoms with E-state index in [1.165, 1.54) is 12.1 Å². The van der Waals surface area contributed by atoms with E-state index < -0.39 is 11.8 Å². The summed E-state index contributed by atoms with van der Waals surface area (Å²) in [5.41, 5.74) is 0.549. The normalized spacial score (nSPS) is 20.4. The van der Waals surface area contributed by atoms with Gasteiger partial charge in [0.25, 0.3) is 0 Å². The first-order chi connectivity index (χ1) is 8.09. The van der Waals surface area contributed by atoms with Crippen LogP contribution >= 0.6 is 0 Å². The van der Waals surface area contributed by atoms with Gasteiger partial charge < -0.3 is 14.7 Å². The zero-order valence-corrected chi connectivity index (χ0v) is 9.52. The van der Waals surface area contributed by atoms with Crippen LogP contribution in [-0.4, -0.2) is 36.9 Å². The van der Waals surface area contributed by atoms with E-state index in [-0.39, 0.29) is 11.6 Å². The third-order valence-corrected chi connectivity index (χ3v) is 2.87. The molecule has 1 N–H and O–H groups in total. The minimum Gasteiger partial charge on any atom is -0.478 e. The number of ether oxygens (including phenoxy) is 1. The molecule has 0 spiro atoms. The predicted octanol–water partition coefficient (Wildman–Crippen LogP) is 1.75. The lowest BCUT2D eigenvalue weighted by molar-refractivity contribution is 0.0694. The largest absolute Gasteiger partial charge is 0.478 e. The fourth-order valence-electron chi connectivity index (χ4n) is 2.02. The van der Waals surface area contributed by atoms with E-state index in [1.807, 2.05) is 11.8 Å². The standard InChI is InChI=1S/C12H14FNO3/c1-8-7-17-5-4-14(8)11-3-2-9(13)6-10(11)12(15)16/h2-3,6,8H,4-5,7H2,1H3,(H,15,16). The first-order valence-corrected chi connectivity index (χ1v) is 5.47. The highest BCUT2D eigenvalue weighted by atomic mass is 19.1. The van der Waals surface area contributed by atoms with Crippen LogP contribution in [0.2, 0.25) is 0 Å². The number of carboxylic acid groups (broad SMARTS) is 1. The van der Waals surface area contributed by atoms with Gasteiger partial charge in [0.15, 0.2) is 0 Å². The summed E-state index contributed by atoms with van der Waals surface area (Å²) < 4.78 is 18.4. The Morgan fingerprint density at radius 2 is 2.35 bits per heavy atom. The molecule has 17 heavy (non-hydrogen) atoms. The molecule has 92 valence electrons. The highest BCUT2D eigenvalue weighted by Crippen LogP contribution is 2.25. The zero-order chi connectivity index (χ0) is 12.4. The molecule has 0 amide bonds. The molecule has 1 aromatic rings. The van der Waals surface area contributed by atoms with Crippen LogP contribution in [0.5, 0.6) is 0 Å². The van der Waals surface area contributed by atoms with E-state index in [2.05, 4.69) is 0 Å². The van der Waals surface area contributed by atoms with Crippen LogP contribution in [-0.2, 0) is 4.74 Å². The minimum absolute atomic E-state index is 0.00116. The van der Waals surface area contributed by atoms with E-state index in [9.17, 15) is 9.18 Å². The third kappa shape index (κ3) is 2.39. The van der Waals surface area contributed by atoms with E-state index in [1.54, 1.807) is 0 Å². The summed E-state index contributed by atoms with van der Waals surface area (Å²) in [7, 11) is 0. The molecule has 0 bridgehead atoms. The fourth-order valence-corrected chi connectivity index (χ4v) is 2.02. The molecule has 1 heterocycles. The molecule has 1 unspecified atom stereocenters. The van der Waals surface area contributed by atoms with Gasteiger partial charge in [-0.05, 0) is 25.1 Å². The molecule has 5 heteroatoms. The molecule has 1 saturated heterocycles. The zero-order valence-electron chi connectivity index (χ0n) is 9.52. The number of aromatic carboxylic acids is 1. The maximum Gasteiger partial charge on any atom is 0.337 e. The van der Waals surface area contributed by atoms with Crippen molar-refractivity contribution in [3.05, 3.63) is 29.6 Å². The molecule has 0 aliphatic carbocycles. The highest BCUT2D eigenvalue weighted by molar-refractivity contribution is 5.94. The van der Waals surface area contributed by atoms with Crippen molar-refractivity contribution in [1.29, 1.82) is 0 Å². The lowest BCUT2D eigenvalue weighted by Gasteiger charge is -2.35. The summed E-state index contributed by atoms with van der Waals surface area (Å²) >= 11 is 0. The van der Waals surface area contributed by atoms with Gasteiger partial charge >= 0.3 is 5.97 Å². The van der Waals surface area contributed by atoms with Gasteiger partial charge in [0, 0.05) is 12.6 Å². The van der Waals surface area contributed by atoms with Gasteiger partial charge in [0.1, 0.15) is 5.82 Å². The first-order valence-electron chi connectivity index (χ1n) is 5.47. The second-order valence-electron chi connectivity index (χ2n) is 4.08. The number of nitrogens with zero attached hydrogens (tertiary/aromatic N) is 1. The van der Waals surface area contributed by atoms with Gasteiger partial charge in [-0.25, -0.2) is 9.18 Å². The van der Waals surface area contributed by atoms with Crippen LogP contribution in [0.15, 0.2) is 18.2 Å². The second kappa shape index (κ2) is 4.71. The van der Waals surface area contributed by atoms with Crippen molar-refractivity contribution in [3.63, 3.8) is 0 Å². The Bertz CT molecular complexity index is 436. The summed E-state index contributed by atoms with van der Waals surface area (Å²) in [6.07, 6.45) is 0. The summed E-state index contributed by atoms with van der Waals surface area (Å²) in [5, 5.41) is 9.08. The molecule has 2 rings (SSSR count). The molecule has 0 radical (unpaired) electrons. The van der Waals surface area contributed by atoms with Crippen LogP contribution in [0.4, 0.5) is 10.1 Å². The number of benzene rings is 1. The third-order valence-electron chi connectivity index (χ3n) is 2.87. The second-order valence-corrected chi connectivity index (χ2v) is 4.08. The van der Waals surface area contributed by atoms with E-state index >= 15 is 0 Å². The Kier molecular flexibility index (Phi) is 3.28. The molecular formula is C12H14FNO3. The SMILES string of the molecule is CC1COCCN1c1ccc(F)cc1C(=O)O. The van der Waals surface area contributed by atoms with Crippen molar-refractivity contribution in [2.75, 3.05) is 24.7 Å². The Morgan fingerprint density at radius 1 is 1.59 bits per heavy atom. The highest BCUT2D eigenvalue weighted by Gasteiger charge is 2.23. The molecule has 1 atom stereocenters. The van der Waals surface area contributed by atoms with Crippen LogP contribution in [0.25, 0.3) is 0 Å². The molecule has 4 nitrogen and oxygen atoms in total. The molecule has 0 aromatic heterocycles. The molecule has 1 aromatic carbocycles. The van der Waals surface area contributed by atoms with E-state index in [0.717, 1.165) is 6.07 Å². The average molecular weight is 239 g/mol. The van der Waals surface area contributed by atoms with Crippen LogP contribution in [0.3, 0.4) is 0 Å². The van der Waals surface area contributed by atoms with Crippen LogP contribution < -0.4 is 4.90 Å². The summed E-state index contributed by atoms with van der Waals surface area (Å²) in [4.78, 5) is 13.0. The molecule has 1 aliphatic heterocycles. The lowest BCUT2D eigenvalue weighted by atomic mass is 10.1. The van der Waals surface area contributed by atoms with Crippen molar-refractivity contribution < 1.29 is 19.0 Å². The predicted molar refractivity (Wildman–Crippen MR) is 61.0 cm³/mol. The smallest absolute Gasteiger partial charge is 0.337 e. The van der Waals surface area contributed by atoms with Gasteiger partial charge in [-0.2, -0.15) is 0 Å². The number of rotatable bonds is 2. The number of anilines is 1. The Hall–Kier alpha value is -1.62. The summed E-state index contributed by atoms with van der Waals surface area (Å²) in [6, 6.07) is 3.94. The lowest BCUT2D eigenvalue weighted by Crippen LogP contribution is -2.44. The van der Waals surface area contributed by atoms with E-state index in [4.69, 9.17) is 9.84 Å². The summed E-state index contributed by atoms with van der Waals surface area (Å²) in [5.74, 6) is -1.65. The van der Waals surface area contributed by atoms with Crippen molar-refractivity contribution in [2.45, 2.75) is 13.0 Å². The number of halogens is 1. The number of hydrogen-bond acceptors (Lipinski definition) is 3. The maximum atomic E-state index is 13.1. The van der Waals surface area contributed by atoms with Crippen molar-refractivity contribution in [2.24, 2.45) is 0 Å². The fraction of sp³-hybridized carbons (Fsp3) is 0.417. The number of morpholine rings is 1. The number of hydrogen-bond donors (Lipinski definition) is 1. The minimum atomic E-state index is -1.11. The Morgan fingerprint density at radius 3 is 3.00 bits per heavy atom. The molecule has 0 saturated carbocycles. The monoisotopic (exact) mass is 239 g/mol. The van der Waals surface area contributed by atoms with Crippen molar-refractivity contribution in [1.82, 2.24) is 0 Å². The van der Waals surface area contributed by atoms with Gasteiger partial charge in [-0.1, -0.05) is 0 Å². The van der Waals surface area contributed by atoms with Gasteiger partial charge in [-0.3, -0.25) is 0 Å². The molecule has 1 fully saturated rings. The Labute approximate surface area is 98.6 Å². The van der Waals surface area contributed by atoms with Crippen molar-refractivity contribution in [3.8, 4) is 0 Å². The van der Waals surface area contributed by atoms with Crippen LogP contribution in [0.1, 0.15) is 17.3 Å².